The molecule has 2 rings (SSSR count). The molecule has 118 valence electrons. The van der Waals surface area contributed by atoms with Gasteiger partial charge in [0.15, 0.2) is 4.90 Å². The molecule has 0 radical (unpaired) electrons. The Balaban J connectivity index is 2.49. The Labute approximate surface area is 127 Å². The number of aromatic amines is 2. The van der Waals surface area contributed by atoms with Crippen LogP contribution in [-0.2, 0) is 10.0 Å². The second-order valence-electron chi connectivity index (χ2n) is 4.14. The van der Waals surface area contributed by atoms with Crippen molar-refractivity contribution in [1.29, 1.82) is 5.26 Å². The lowest BCUT2D eigenvalue weighted by Gasteiger charge is -2.08. The quantitative estimate of drug-likeness (QED) is 0.503. The van der Waals surface area contributed by atoms with Crippen LogP contribution in [0.1, 0.15) is 5.56 Å². The average molecular weight is 337 g/mol. The zero-order valence-corrected chi connectivity index (χ0v) is 11.9. The van der Waals surface area contributed by atoms with Crippen LogP contribution in [0, 0.1) is 21.4 Å². The van der Waals surface area contributed by atoms with E-state index in [1.165, 1.54) is 0 Å². The van der Waals surface area contributed by atoms with Gasteiger partial charge in [-0.15, -0.1) is 0 Å². The van der Waals surface area contributed by atoms with Crippen molar-refractivity contribution in [3.05, 3.63) is 60.9 Å². The largest absolute Gasteiger partial charge is 0.325 e. The average Bonchev–Trinajstić information content (AvgIpc) is 2.46. The summed E-state index contributed by atoms with van der Waals surface area (Å²) in [6, 6.07) is 4.52. The van der Waals surface area contributed by atoms with Crippen LogP contribution in [0.2, 0.25) is 0 Å². The van der Waals surface area contributed by atoms with Gasteiger partial charge in [0.1, 0.15) is 6.07 Å². The number of nitro groups is 1. The van der Waals surface area contributed by atoms with Crippen LogP contribution in [0.4, 0.5) is 11.4 Å². The number of H-pyrrole nitrogens is 2. The number of nitriles is 1. The third kappa shape index (κ3) is 3.24. The second-order valence-corrected chi connectivity index (χ2v) is 5.79. The first-order chi connectivity index (χ1) is 10.7. The van der Waals surface area contributed by atoms with E-state index in [1.54, 1.807) is 11.1 Å². The van der Waals surface area contributed by atoms with Crippen molar-refractivity contribution in [3.8, 4) is 6.07 Å². The standard InChI is InChI=1S/C11H7N5O6S/c12-4-6-3-7(16(19)20)1-2-8(6)15-23(21,22)9-5-13-11(18)14-10(9)17/h1-3,5,15H,(H2,13,14,17,18). The van der Waals surface area contributed by atoms with Gasteiger partial charge in [-0.05, 0) is 6.07 Å². The Morgan fingerprint density at radius 3 is 2.57 bits per heavy atom. The van der Waals surface area contributed by atoms with Crippen LogP contribution in [0.15, 0.2) is 38.9 Å². The van der Waals surface area contributed by atoms with E-state index in [9.17, 15) is 28.1 Å². The molecule has 0 aliphatic rings. The number of benzene rings is 1. The summed E-state index contributed by atoms with van der Waals surface area (Å²) in [4.78, 5) is 35.3. The lowest BCUT2D eigenvalue weighted by atomic mass is 10.2. The summed E-state index contributed by atoms with van der Waals surface area (Å²) in [7, 11) is -4.41. The molecule has 1 heterocycles. The molecule has 23 heavy (non-hydrogen) atoms. The fourth-order valence-corrected chi connectivity index (χ4v) is 2.71. The van der Waals surface area contributed by atoms with E-state index in [0.717, 1.165) is 18.2 Å². The number of sulfonamides is 1. The highest BCUT2D eigenvalue weighted by molar-refractivity contribution is 7.92. The molecule has 0 unspecified atom stereocenters. The van der Waals surface area contributed by atoms with Crippen LogP contribution in [0.5, 0.6) is 0 Å². The molecule has 3 N–H and O–H groups in total. The minimum atomic E-state index is -4.41. The third-order valence-electron chi connectivity index (χ3n) is 2.65. The van der Waals surface area contributed by atoms with Crippen molar-refractivity contribution in [2.24, 2.45) is 0 Å². The zero-order chi connectivity index (χ0) is 17.2. The molecule has 0 saturated carbocycles. The molecular weight excluding hydrogens is 330 g/mol. The summed E-state index contributed by atoms with van der Waals surface area (Å²) < 4.78 is 26.2. The third-order valence-corrected chi connectivity index (χ3v) is 4.02. The van der Waals surface area contributed by atoms with Gasteiger partial charge in [0, 0.05) is 18.3 Å². The number of aromatic nitrogens is 2. The van der Waals surface area contributed by atoms with E-state index in [4.69, 9.17) is 5.26 Å². The molecule has 0 fully saturated rings. The molecule has 0 aliphatic heterocycles. The molecule has 1 aromatic heterocycles. The van der Waals surface area contributed by atoms with Crippen molar-refractivity contribution in [2.45, 2.75) is 4.90 Å². The maximum Gasteiger partial charge on any atom is 0.325 e. The van der Waals surface area contributed by atoms with Gasteiger partial charge in [0.25, 0.3) is 21.3 Å². The monoisotopic (exact) mass is 337 g/mol. The van der Waals surface area contributed by atoms with Gasteiger partial charge < -0.3 is 4.98 Å². The number of non-ortho nitro benzene ring substituents is 1. The van der Waals surface area contributed by atoms with Gasteiger partial charge in [-0.25, -0.2) is 13.2 Å². The fraction of sp³-hybridized carbons (Fsp3) is 0. The van der Waals surface area contributed by atoms with Crippen LogP contribution >= 0.6 is 0 Å². The number of nitrogens with zero attached hydrogens (tertiary/aromatic N) is 2. The van der Waals surface area contributed by atoms with Crippen molar-refractivity contribution in [2.75, 3.05) is 4.72 Å². The first kappa shape index (κ1) is 15.9. The van der Waals surface area contributed by atoms with E-state index in [0.29, 0.717) is 6.20 Å². The topological polar surface area (TPSA) is 179 Å². The maximum absolute atomic E-state index is 12.1. The van der Waals surface area contributed by atoms with Crippen LogP contribution < -0.4 is 16.0 Å². The molecule has 0 bridgehead atoms. The molecule has 2 aromatic rings. The number of nitro benzene ring substituents is 1. The zero-order valence-electron chi connectivity index (χ0n) is 11.1. The Hall–Kier alpha value is -3.46. The number of hydrogen-bond donors (Lipinski definition) is 3. The van der Waals surface area contributed by atoms with Gasteiger partial charge in [0.2, 0.25) is 0 Å². The van der Waals surface area contributed by atoms with Crippen molar-refractivity contribution in [1.82, 2.24) is 9.97 Å². The summed E-state index contributed by atoms with van der Waals surface area (Å²) in [6.45, 7) is 0. The van der Waals surface area contributed by atoms with Crippen molar-refractivity contribution >= 4 is 21.4 Å². The minimum absolute atomic E-state index is 0.247. The van der Waals surface area contributed by atoms with E-state index >= 15 is 0 Å². The summed E-state index contributed by atoms with van der Waals surface area (Å²) in [5.74, 6) is 0. The lowest BCUT2D eigenvalue weighted by Crippen LogP contribution is -2.29. The summed E-state index contributed by atoms with van der Waals surface area (Å²) in [5, 5.41) is 19.6. The van der Waals surface area contributed by atoms with Gasteiger partial charge in [-0.3, -0.25) is 24.6 Å². The molecule has 0 saturated heterocycles. The Morgan fingerprint density at radius 1 is 1.30 bits per heavy atom. The fourth-order valence-electron chi connectivity index (χ4n) is 1.62. The SMILES string of the molecule is N#Cc1cc([N+](=O)[O-])ccc1NS(=O)(=O)c1c[nH]c(=O)[nH]c1=O. The van der Waals surface area contributed by atoms with Gasteiger partial charge in [0.05, 0.1) is 16.2 Å². The first-order valence-corrected chi connectivity index (χ1v) is 7.26. The van der Waals surface area contributed by atoms with Gasteiger partial charge >= 0.3 is 5.69 Å². The molecule has 0 spiro atoms. The molecule has 11 nitrogen and oxygen atoms in total. The van der Waals surface area contributed by atoms with Crippen LogP contribution in [0.25, 0.3) is 0 Å². The van der Waals surface area contributed by atoms with Crippen molar-refractivity contribution in [3.63, 3.8) is 0 Å². The maximum atomic E-state index is 12.1. The van der Waals surface area contributed by atoms with Crippen molar-refractivity contribution < 1.29 is 13.3 Å². The number of rotatable bonds is 4. The highest BCUT2D eigenvalue weighted by Gasteiger charge is 2.21. The van der Waals surface area contributed by atoms with E-state index < -0.39 is 36.8 Å². The molecule has 0 aliphatic carbocycles. The highest BCUT2D eigenvalue weighted by Crippen LogP contribution is 2.23. The summed E-state index contributed by atoms with van der Waals surface area (Å²) in [6.07, 6.45) is 0.695. The lowest BCUT2D eigenvalue weighted by molar-refractivity contribution is -0.384. The Bertz CT molecular complexity index is 1050. The van der Waals surface area contributed by atoms with E-state index in [2.05, 4.69) is 0 Å². The molecule has 12 heteroatoms. The highest BCUT2D eigenvalue weighted by atomic mass is 32.2. The van der Waals surface area contributed by atoms with Crippen LogP contribution in [0.3, 0.4) is 0 Å². The number of anilines is 1. The van der Waals surface area contributed by atoms with Gasteiger partial charge in [-0.1, -0.05) is 0 Å². The first-order valence-electron chi connectivity index (χ1n) is 5.78. The smallest absolute Gasteiger partial charge is 0.313 e. The molecule has 0 atom stereocenters. The minimum Gasteiger partial charge on any atom is -0.313 e. The Kier molecular flexibility index (Phi) is 3.97. The molecule has 1 aromatic carbocycles. The van der Waals surface area contributed by atoms with E-state index in [1.807, 2.05) is 9.71 Å². The number of nitrogens with one attached hydrogen (secondary N) is 3. The predicted octanol–water partition coefficient (Wildman–Crippen LogP) is -0.356. The normalized spacial score (nSPS) is 10.7. The van der Waals surface area contributed by atoms with E-state index in [-0.39, 0.29) is 11.3 Å². The molecular formula is C11H7N5O6S. The number of hydrogen-bond acceptors (Lipinski definition) is 7. The Morgan fingerprint density at radius 2 is 2.00 bits per heavy atom. The second kappa shape index (κ2) is 5.73. The summed E-state index contributed by atoms with van der Waals surface area (Å²) in [5.41, 5.74) is -2.98. The predicted molar refractivity (Wildman–Crippen MR) is 76.3 cm³/mol. The van der Waals surface area contributed by atoms with Crippen LogP contribution in [-0.4, -0.2) is 23.3 Å². The molecule has 0 amide bonds. The van der Waals surface area contributed by atoms with Gasteiger partial charge in [-0.2, -0.15) is 5.26 Å². The summed E-state index contributed by atoms with van der Waals surface area (Å²) >= 11 is 0.